The average molecular weight is 284 g/mol. The van der Waals surface area contributed by atoms with E-state index in [-0.39, 0.29) is 5.56 Å². The monoisotopic (exact) mass is 284 g/mol. The zero-order valence-corrected chi connectivity index (χ0v) is 11.7. The van der Waals surface area contributed by atoms with Crippen LogP contribution in [0.3, 0.4) is 0 Å². The number of hydrogen-bond donors (Lipinski definition) is 1. The van der Waals surface area contributed by atoms with Crippen LogP contribution in [0.25, 0.3) is 38.0 Å². The molecular formula is C19H12N2O. The number of para-hydroxylation sites is 1. The van der Waals surface area contributed by atoms with Gasteiger partial charge in [-0.1, -0.05) is 36.4 Å². The lowest BCUT2D eigenvalue weighted by Crippen LogP contribution is -2.12. The number of nitrogens with two attached hydrogens (primary N) is 1. The van der Waals surface area contributed by atoms with Crippen molar-refractivity contribution in [2.45, 2.75) is 0 Å². The second-order valence-electron chi connectivity index (χ2n) is 5.66. The Kier molecular flexibility index (Phi) is 1.98. The molecule has 0 bridgehead atoms. The maximum atomic E-state index is 13.0. The molecular weight excluding hydrogens is 272 g/mol. The van der Waals surface area contributed by atoms with Crippen molar-refractivity contribution in [3.8, 4) is 0 Å². The summed E-state index contributed by atoms with van der Waals surface area (Å²) >= 11 is 0. The van der Waals surface area contributed by atoms with E-state index in [1.54, 1.807) is 0 Å². The molecule has 0 atom stereocenters. The highest BCUT2D eigenvalue weighted by molar-refractivity contribution is 6.20. The minimum Gasteiger partial charge on any atom is -0.399 e. The fraction of sp³-hybridized carbons (Fsp3) is 0. The molecule has 5 aromatic rings. The van der Waals surface area contributed by atoms with Crippen LogP contribution in [-0.2, 0) is 0 Å². The molecule has 2 N–H and O–H groups in total. The van der Waals surface area contributed by atoms with E-state index in [4.69, 9.17) is 5.73 Å². The molecule has 0 radical (unpaired) electrons. The van der Waals surface area contributed by atoms with Gasteiger partial charge in [0.05, 0.1) is 11.0 Å². The van der Waals surface area contributed by atoms with Gasteiger partial charge < -0.3 is 5.73 Å². The van der Waals surface area contributed by atoms with E-state index >= 15 is 0 Å². The van der Waals surface area contributed by atoms with E-state index in [9.17, 15) is 4.79 Å². The number of rotatable bonds is 0. The van der Waals surface area contributed by atoms with Gasteiger partial charge in [0.15, 0.2) is 0 Å². The molecule has 0 fully saturated rings. The first-order valence-electron chi connectivity index (χ1n) is 7.22. The van der Waals surface area contributed by atoms with E-state index in [1.165, 1.54) is 0 Å². The van der Waals surface area contributed by atoms with Crippen molar-refractivity contribution in [3.63, 3.8) is 0 Å². The quantitative estimate of drug-likeness (QED) is 0.347. The fourth-order valence-electron chi connectivity index (χ4n) is 3.54. The molecule has 2 heterocycles. The summed E-state index contributed by atoms with van der Waals surface area (Å²) in [5.74, 6) is 0. The van der Waals surface area contributed by atoms with Crippen molar-refractivity contribution in [1.82, 2.24) is 4.40 Å². The summed E-state index contributed by atoms with van der Waals surface area (Å²) in [5.41, 5.74) is 8.57. The van der Waals surface area contributed by atoms with Gasteiger partial charge in [-0.05, 0) is 29.7 Å². The van der Waals surface area contributed by atoms with Crippen LogP contribution in [0.4, 0.5) is 5.69 Å². The number of pyridine rings is 1. The highest BCUT2D eigenvalue weighted by Crippen LogP contribution is 2.34. The van der Waals surface area contributed by atoms with Crippen molar-refractivity contribution < 1.29 is 0 Å². The fourth-order valence-corrected chi connectivity index (χ4v) is 3.54. The first-order chi connectivity index (χ1) is 10.8. The molecule has 5 rings (SSSR count). The number of nitrogens with zero attached hydrogens (tertiary/aromatic N) is 1. The smallest absolute Gasteiger partial charge is 0.263 e. The maximum Gasteiger partial charge on any atom is 0.263 e. The number of benzene rings is 3. The molecule has 0 aliphatic carbocycles. The predicted molar refractivity (Wildman–Crippen MR) is 91.8 cm³/mol. The van der Waals surface area contributed by atoms with E-state index < -0.39 is 0 Å². The van der Waals surface area contributed by atoms with Crippen LogP contribution >= 0.6 is 0 Å². The Morgan fingerprint density at radius 2 is 1.41 bits per heavy atom. The largest absolute Gasteiger partial charge is 0.399 e. The van der Waals surface area contributed by atoms with Gasteiger partial charge >= 0.3 is 0 Å². The molecule has 3 heteroatoms. The number of aromatic nitrogens is 1. The van der Waals surface area contributed by atoms with Crippen molar-refractivity contribution in [2.24, 2.45) is 0 Å². The summed E-state index contributed by atoms with van der Waals surface area (Å²) in [6.45, 7) is 0. The molecule has 22 heavy (non-hydrogen) atoms. The zero-order valence-electron chi connectivity index (χ0n) is 11.7. The summed E-state index contributed by atoms with van der Waals surface area (Å²) in [6.07, 6.45) is 0. The first kappa shape index (κ1) is 11.6. The number of fused-ring (bicyclic) bond motifs is 5. The van der Waals surface area contributed by atoms with Gasteiger partial charge in [0.1, 0.15) is 0 Å². The highest BCUT2D eigenvalue weighted by atomic mass is 16.1. The van der Waals surface area contributed by atoms with Gasteiger partial charge in [-0.25, -0.2) is 0 Å². The second-order valence-corrected chi connectivity index (χ2v) is 5.66. The molecule has 104 valence electrons. The first-order valence-corrected chi connectivity index (χ1v) is 7.22. The lowest BCUT2D eigenvalue weighted by Gasteiger charge is -2.05. The van der Waals surface area contributed by atoms with E-state index in [0.717, 1.165) is 38.0 Å². The Morgan fingerprint density at radius 1 is 0.727 bits per heavy atom. The molecule has 0 saturated carbocycles. The van der Waals surface area contributed by atoms with Crippen LogP contribution in [0.15, 0.2) is 65.5 Å². The molecule has 0 saturated heterocycles. The molecule has 0 unspecified atom stereocenters. The number of nitrogen functional groups attached to an aromatic ring is 1. The van der Waals surface area contributed by atoms with E-state index in [2.05, 4.69) is 12.1 Å². The summed E-state index contributed by atoms with van der Waals surface area (Å²) in [6, 6.07) is 19.7. The Bertz CT molecular complexity index is 1250. The predicted octanol–water partition coefficient (Wildman–Crippen LogP) is 3.78. The van der Waals surface area contributed by atoms with Crippen LogP contribution in [0, 0.1) is 0 Å². The maximum absolute atomic E-state index is 13.0. The highest BCUT2D eigenvalue weighted by Gasteiger charge is 2.16. The molecule has 2 aromatic heterocycles. The third-order valence-corrected chi connectivity index (χ3v) is 4.46. The topological polar surface area (TPSA) is 47.5 Å². The van der Waals surface area contributed by atoms with E-state index in [1.807, 2.05) is 52.9 Å². The lowest BCUT2D eigenvalue weighted by molar-refractivity contribution is 1.21. The van der Waals surface area contributed by atoms with Gasteiger partial charge in [-0.2, -0.15) is 0 Å². The van der Waals surface area contributed by atoms with Crippen LogP contribution in [-0.4, -0.2) is 4.40 Å². The van der Waals surface area contributed by atoms with Crippen LogP contribution in [0.1, 0.15) is 0 Å². The molecule has 0 spiro atoms. The third-order valence-electron chi connectivity index (χ3n) is 4.46. The third kappa shape index (κ3) is 1.24. The molecule has 0 aliphatic heterocycles. The van der Waals surface area contributed by atoms with Crippen LogP contribution in [0.5, 0.6) is 0 Å². The SMILES string of the molecule is Nc1ccc2c(c1)c1cccc3c4ccccc4c(=O)n2c31. The van der Waals surface area contributed by atoms with E-state index in [0.29, 0.717) is 5.69 Å². The van der Waals surface area contributed by atoms with Gasteiger partial charge in [0, 0.05) is 27.2 Å². The number of anilines is 1. The molecule has 3 nitrogen and oxygen atoms in total. The molecule has 0 aliphatic rings. The summed E-state index contributed by atoms with van der Waals surface area (Å²) < 4.78 is 1.82. The van der Waals surface area contributed by atoms with Crippen molar-refractivity contribution >= 4 is 43.7 Å². The lowest BCUT2D eigenvalue weighted by atomic mass is 10.0. The molecule has 3 aromatic carbocycles. The number of hydrogen-bond acceptors (Lipinski definition) is 2. The average Bonchev–Trinajstić information content (AvgIpc) is 2.88. The Hall–Kier alpha value is -3.07. The normalized spacial score (nSPS) is 12.0. The van der Waals surface area contributed by atoms with Crippen LogP contribution in [0.2, 0.25) is 0 Å². The van der Waals surface area contributed by atoms with Crippen LogP contribution < -0.4 is 11.3 Å². The minimum atomic E-state index is 0.0269. The van der Waals surface area contributed by atoms with Gasteiger partial charge in [0.25, 0.3) is 5.56 Å². The van der Waals surface area contributed by atoms with Gasteiger partial charge in [-0.15, -0.1) is 0 Å². The zero-order chi connectivity index (χ0) is 14.8. The minimum absolute atomic E-state index is 0.0269. The van der Waals surface area contributed by atoms with Gasteiger partial charge in [-0.3, -0.25) is 9.20 Å². The summed E-state index contributed by atoms with van der Waals surface area (Å²) in [4.78, 5) is 13.0. The van der Waals surface area contributed by atoms with Crippen molar-refractivity contribution in [3.05, 3.63) is 71.0 Å². The Morgan fingerprint density at radius 3 is 2.23 bits per heavy atom. The Balaban J connectivity index is 2.29. The Labute approximate surface area is 125 Å². The standard InChI is InChI=1S/C19H12N2O/c20-11-8-9-17-16(10-11)14-7-3-6-13-12-4-1-2-5-15(12)19(22)21(17)18(13)14/h1-10H,20H2. The summed E-state index contributed by atoms with van der Waals surface area (Å²) in [5, 5.41) is 4.95. The summed E-state index contributed by atoms with van der Waals surface area (Å²) in [7, 11) is 0. The second kappa shape index (κ2) is 3.77. The molecule has 0 amide bonds. The van der Waals surface area contributed by atoms with Crippen molar-refractivity contribution in [2.75, 3.05) is 5.73 Å². The van der Waals surface area contributed by atoms with Gasteiger partial charge in [0.2, 0.25) is 0 Å². The van der Waals surface area contributed by atoms with Crippen molar-refractivity contribution in [1.29, 1.82) is 0 Å².